The third-order valence-corrected chi connectivity index (χ3v) is 4.58. The van der Waals surface area contributed by atoms with Gasteiger partial charge in [0.15, 0.2) is 11.5 Å². The van der Waals surface area contributed by atoms with Crippen LogP contribution < -0.4 is 19.7 Å². The number of halogens is 3. The van der Waals surface area contributed by atoms with Gasteiger partial charge in [0.05, 0.1) is 19.8 Å². The first-order chi connectivity index (χ1) is 14.2. The quantitative estimate of drug-likeness (QED) is 0.771. The van der Waals surface area contributed by atoms with E-state index >= 15 is 0 Å². The lowest BCUT2D eigenvalue weighted by Gasteiger charge is -2.19. The van der Waals surface area contributed by atoms with Gasteiger partial charge in [-0.3, -0.25) is 9.69 Å². The van der Waals surface area contributed by atoms with Crippen molar-refractivity contribution in [3.8, 4) is 11.5 Å². The molecule has 0 aliphatic carbocycles. The summed E-state index contributed by atoms with van der Waals surface area (Å²) in [6.45, 7) is 0.368. The van der Waals surface area contributed by atoms with E-state index in [1.54, 1.807) is 18.2 Å². The molecular formula is C20H20F3N3O4. The second-order valence-electron chi connectivity index (χ2n) is 6.52. The van der Waals surface area contributed by atoms with Crippen molar-refractivity contribution >= 4 is 23.3 Å². The summed E-state index contributed by atoms with van der Waals surface area (Å²) in [6, 6.07) is 8.97. The van der Waals surface area contributed by atoms with Crippen molar-refractivity contribution in [3.63, 3.8) is 0 Å². The molecule has 3 amide bonds. The molecule has 0 aromatic heterocycles. The van der Waals surface area contributed by atoms with Crippen LogP contribution in [0.1, 0.15) is 5.56 Å². The van der Waals surface area contributed by atoms with Gasteiger partial charge in [-0.2, -0.15) is 13.2 Å². The number of amides is 3. The van der Waals surface area contributed by atoms with Gasteiger partial charge in [-0.05, 0) is 30.3 Å². The Kier molecular flexibility index (Phi) is 6.04. The Hall–Kier alpha value is -3.43. The van der Waals surface area contributed by atoms with E-state index < -0.39 is 17.6 Å². The Morgan fingerprint density at radius 1 is 1.07 bits per heavy atom. The molecule has 30 heavy (non-hydrogen) atoms. The molecule has 2 aromatic carbocycles. The third kappa shape index (κ3) is 4.58. The van der Waals surface area contributed by atoms with Crippen LogP contribution in [-0.2, 0) is 11.0 Å². The number of anilines is 2. The van der Waals surface area contributed by atoms with Gasteiger partial charge in [-0.1, -0.05) is 6.07 Å². The highest BCUT2D eigenvalue weighted by Crippen LogP contribution is 2.33. The van der Waals surface area contributed by atoms with Gasteiger partial charge in [0.25, 0.3) is 0 Å². The molecule has 0 spiro atoms. The molecular weight excluding hydrogens is 403 g/mol. The van der Waals surface area contributed by atoms with Gasteiger partial charge >= 0.3 is 12.2 Å². The van der Waals surface area contributed by atoms with Crippen molar-refractivity contribution in [1.82, 2.24) is 4.90 Å². The zero-order valence-electron chi connectivity index (χ0n) is 16.3. The Labute approximate surface area is 171 Å². The van der Waals surface area contributed by atoms with Gasteiger partial charge < -0.3 is 19.7 Å². The van der Waals surface area contributed by atoms with Crippen LogP contribution in [0.3, 0.4) is 0 Å². The standard InChI is InChI=1S/C20H20F3N3O4/c1-29-16-7-6-15(11-17(16)30-2)26-9-8-25(19(26)28)12-18(27)24-14-5-3-4-13(10-14)20(21,22)23/h3-7,10-11H,8-9,12H2,1-2H3,(H,24,27). The van der Waals surface area contributed by atoms with Gasteiger partial charge in [-0.15, -0.1) is 0 Å². The summed E-state index contributed by atoms with van der Waals surface area (Å²) in [5.41, 5.74) is -0.270. The molecule has 2 aromatic rings. The molecule has 160 valence electrons. The lowest BCUT2D eigenvalue weighted by Crippen LogP contribution is -2.37. The average molecular weight is 423 g/mol. The van der Waals surface area contributed by atoms with E-state index in [9.17, 15) is 22.8 Å². The number of ether oxygens (including phenoxy) is 2. The van der Waals surface area contributed by atoms with Gasteiger partial charge in [-0.25, -0.2) is 4.79 Å². The van der Waals surface area contributed by atoms with E-state index in [4.69, 9.17) is 9.47 Å². The topological polar surface area (TPSA) is 71.1 Å². The van der Waals surface area contributed by atoms with Crippen LogP contribution in [0, 0.1) is 0 Å². The van der Waals surface area contributed by atoms with E-state index in [0.29, 0.717) is 30.3 Å². The van der Waals surface area contributed by atoms with Crippen molar-refractivity contribution in [3.05, 3.63) is 48.0 Å². The minimum absolute atomic E-state index is 0.0122. The minimum atomic E-state index is -4.51. The van der Waals surface area contributed by atoms with E-state index in [2.05, 4.69) is 5.32 Å². The highest BCUT2D eigenvalue weighted by atomic mass is 19.4. The number of alkyl halides is 3. The first-order valence-electron chi connectivity index (χ1n) is 8.98. The maximum absolute atomic E-state index is 12.8. The van der Waals surface area contributed by atoms with E-state index in [-0.39, 0.29) is 18.3 Å². The van der Waals surface area contributed by atoms with Crippen molar-refractivity contribution < 1.29 is 32.2 Å². The zero-order valence-corrected chi connectivity index (χ0v) is 16.3. The van der Waals surface area contributed by atoms with Crippen molar-refractivity contribution in [2.75, 3.05) is 44.1 Å². The van der Waals surface area contributed by atoms with Crippen LogP contribution in [-0.4, -0.2) is 50.7 Å². The molecule has 3 rings (SSSR count). The molecule has 1 saturated heterocycles. The molecule has 1 N–H and O–H groups in total. The summed E-state index contributed by atoms with van der Waals surface area (Å²) in [5, 5.41) is 2.40. The normalized spacial score (nSPS) is 14.1. The van der Waals surface area contributed by atoms with E-state index in [1.165, 1.54) is 36.2 Å². The van der Waals surface area contributed by atoms with Crippen LogP contribution >= 0.6 is 0 Å². The van der Waals surface area contributed by atoms with Gasteiger partial charge in [0, 0.05) is 30.5 Å². The number of carbonyl (C=O) groups is 2. The number of methoxy groups -OCH3 is 2. The first kappa shape index (κ1) is 21.3. The highest BCUT2D eigenvalue weighted by molar-refractivity contribution is 5.99. The number of nitrogens with one attached hydrogen (secondary N) is 1. The van der Waals surface area contributed by atoms with E-state index in [1.807, 2.05) is 0 Å². The molecule has 1 heterocycles. The lowest BCUT2D eigenvalue weighted by atomic mass is 10.2. The SMILES string of the molecule is COc1ccc(N2CCN(CC(=O)Nc3cccc(C(F)(F)F)c3)C2=O)cc1OC. The second-order valence-corrected chi connectivity index (χ2v) is 6.52. The third-order valence-electron chi connectivity index (χ3n) is 4.58. The van der Waals surface area contributed by atoms with Crippen molar-refractivity contribution in [2.24, 2.45) is 0 Å². The summed E-state index contributed by atoms with van der Waals surface area (Å²) in [7, 11) is 2.99. The maximum Gasteiger partial charge on any atom is 0.416 e. The van der Waals surface area contributed by atoms with Crippen LogP contribution in [0.4, 0.5) is 29.3 Å². The largest absolute Gasteiger partial charge is 0.493 e. The number of nitrogens with zero attached hydrogens (tertiary/aromatic N) is 2. The fourth-order valence-corrected chi connectivity index (χ4v) is 3.11. The van der Waals surface area contributed by atoms with Crippen molar-refractivity contribution in [2.45, 2.75) is 6.18 Å². The van der Waals surface area contributed by atoms with Crippen LogP contribution in [0.5, 0.6) is 11.5 Å². The Balaban J connectivity index is 1.65. The number of hydrogen-bond donors (Lipinski definition) is 1. The molecule has 1 aliphatic rings. The Morgan fingerprint density at radius 2 is 1.80 bits per heavy atom. The predicted molar refractivity (Wildman–Crippen MR) is 104 cm³/mol. The summed E-state index contributed by atoms with van der Waals surface area (Å²) in [5.74, 6) is 0.394. The molecule has 0 radical (unpaired) electrons. The molecule has 7 nitrogen and oxygen atoms in total. The first-order valence-corrected chi connectivity index (χ1v) is 8.98. The second kappa shape index (κ2) is 8.52. The van der Waals surface area contributed by atoms with Gasteiger partial charge in [0.1, 0.15) is 6.54 Å². The van der Waals surface area contributed by atoms with Crippen LogP contribution in [0.15, 0.2) is 42.5 Å². The Morgan fingerprint density at radius 3 is 2.47 bits per heavy atom. The fourth-order valence-electron chi connectivity index (χ4n) is 3.11. The number of rotatable bonds is 6. The minimum Gasteiger partial charge on any atom is -0.493 e. The highest BCUT2D eigenvalue weighted by Gasteiger charge is 2.32. The molecule has 0 atom stereocenters. The lowest BCUT2D eigenvalue weighted by molar-refractivity contribution is -0.137. The number of urea groups is 1. The molecule has 1 aliphatic heterocycles. The van der Waals surface area contributed by atoms with Gasteiger partial charge in [0.2, 0.25) is 5.91 Å². The summed E-state index contributed by atoms with van der Waals surface area (Å²) in [6.07, 6.45) is -4.51. The van der Waals surface area contributed by atoms with E-state index in [0.717, 1.165) is 12.1 Å². The number of hydrogen-bond acceptors (Lipinski definition) is 4. The average Bonchev–Trinajstić information content (AvgIpc) is 3.07. The van der Waals surface area contributed by atoms with Crippen molar-refractivity contribution in [1.29, 1.82) is 0 Å². The fraction of sp³-hybridized carbons (Fsp3) is 0.300. The molecule has 0 bridgehead atoms. The monoisotopic (exact) mass is 423 g/mol. The summed E-state index contributed by atoms with van der Waals surface area (Å²) in [4.78, 5) is 27.8. The van der Waals surface area contributed by atoms with Crippen LogP contribution in [0.25, 0.3) is 0 Å². The summed E-state index contributed by atoms with van der Waals surface area (Å²) >= 11 is 0. The van der Waals surface area contributed by atoms with Crippen LogP contribution in [0.2, 0.25) is 0 Å². The smallest absolute Gasteiger partial charge is 0.416 e. The molecule has 0 saturated carbocycles. The molecule has 1 fully saturated rings. The molecule has 0 unspecified atom stereocenters. The Bertz CT molecular complexity index is 949. The summed E-state index contributed by atoms with van der Waals surface area (Å²) < 4.78 is 48.8. The predicted octanol–water partition coefficient (Wildman–Crippen LogP) is 3.60. The zero-order chi connectivity index (χ0) is 21.9. The number of carbonyl (C=O) groups excluding carboxylic acids is 2. The molecule has 10 heteroatoms. The maximum atomic E-state index is 12.8. The number of benzene rings is 2.